The molecule has 0 spiro atoms. The summed E-state index contributed by atoms with van der Waals surface area (Å²) in [5, 5.41) is 3.17. The number of amides is 1. The molecule has 0 atom stereocenters. The van der Waals surface area contributed by atoms with Crippen molar-refractivity contribution < 1.29 is 4.79 Å². The number of fused-ring (bicyclic) bond motifs is 1. The fourth-order valence-electron chi connectivity index (χ4n) is 4.57. The van der Waals surface area contributed by atoms with Crippen LogP contribution in [0.15, 0.2) is 48.5 Å². The largest absolute Gasteiger partial charge is 0.355 e. The molecule has 1 heterocycles. The second-order valence-electron chi connectivity index (χ2n) is 8.63. The van der Waals surface area contributed by atoms with Crippen LogP contribution < -0.4 is 5.32 Å². The van der Waals surface area contributed by atoms with E-state index >= 15 is 0 Å². The van der Waals surface area contributed by atoms with Crippen LogP contribution in [0.1, 0.15) is 55.5 Å². The molecule has 4 nitrogen and oxygen atoms in total. The number of nitrogens with one attached hydrogen (secondary N) is 1. The molecule has 3 aromatic rings. The molecule has 1 N–H and O–H groups in total. The lowest BCUT2D eigenvalue weighted by atomic mass is 9.89. The molecule has 0 radical (unpaired) electrons. The highest BCUT2D eigenvalue weighted by atomic mass is 16.1. The normalized spacial score (nSPS) is 14.8. The van der Waals surface area contributed by atoms with E-state index in [0.29, 0.717) is 6.54 Å². The van der Waals surface area contributed by atoms with Crippen molar-refractivity contribution in [1.29, 1.82) is 0 Å². The molecule has 1 amide bonds. The average molecular weight is 404 g/mol. The first-order valence-electron chi connectivity index (χ1n) is 11.5. The van der Waals surface area contributed by atoms with E-state index in [9.17, 15) is 4.79 Å². The standard InChI is InChI=1S/C26H33N3O/c1-20-13-15-21(16-14-20)8-7-19-29-24-12-6-5-11-23(24)28-25(29)17-18-27-26(30)22-9-3-2-4-10-22/h5-6,11-16,22H,2-4,7-10,17-19H2,1H3,(H,27,30). The number of hydrogen-bond donors (Lipinski definition) is 1. The molecule has 0 unspecified atom stereocenters. The molecular formula is C26H33N3O. The molecule has 1 fully saturated rings. The minimum atomic E-state index is 0.215. The number of para-hydroxylation sites is 2. The van der Waals surface area contributed by atoms with Gasteiger partial charge in [0.2, 0.25) is 5.91 Å². The van der Waals surface area contributed by atoms with Crippen molar-refractivity contribution in [3.8, 4) is 0 Å². The third-order valence-electron chi connectivity index (χ3n) is 6.33. The van der Waals surface area contributed by atoms with E-state index in [2.05, 4.69) is 59.3 Å². The number of nitrogens with zero attached hydrogens (tertiary/aromatic N) is 2. The van der Waals surface area contributed by atoms with Crippen molar-refractivity contribution in [2.75, 3.05) is 6.54 Å². The van der Waals surface area contributed by atoms with Gasteiger partial charge >= 0.3 is 0 Å². The molecule has 1 aliphatic rings. The lowest BCUT2D eigenvalue weighted by molar-refractivity contribution is -0.125. The Kier molecular flexibility index (Phi) is 6.83. The molecule has 0 bridgehead atoms. The van der Waals surface area contributed by atoms with Gasteiger partial charge in [-0.3, -0.25) is 4.79 Å². The zero-order chi connectivity index (χ0) is 20.8. The van der Waals surface area contributed by atoms with Crippen molar-refractivity contribution in [3.63, 3.8) is 0 Å². The van der Waals surface area contributed by atoms with Crippen LogP contribution in [0.4, 0.5) is 0 Å². The minimum Gasteiger partial charge on any atom is -0.355 e. The molecule has 1 saturated carbocycles. The number of rotatable bonds is 8. The van der Waals surface area contributed by atoms with E-state index in [4.69, 9.17) is 4.98 Å². The summed E-state index contributed by atoms with van der Waals surface area (Å²) in [5.74, 6) is 1.52. The first-order valence-corrected chi connectivity index (χ1v) is 11.5. The molecule has 1 aliphatic carbocycles. The molecule has 4 heteroatoms. The number of hydrogen-bond acceptors (Lipinski definition) is 2. The first-order chi connectivity index (χ1) is 14.7. The van der Waals surface area contributed by atoms with Crippen LogP contribution >= 0.6 is 0 Å². The number of carbonyl (C=O) groups is 1. The Bertz CT molecular complexity index is 968. The Morgan fingerprint density at radius 1 is 1.03 bits per heavy atom. The zero-order valence-corrected chi connectivity index (χ0v) is 18.1. The summed E-state index contributed by atoms with van der Waals surface area (Å²) in [5.41, 5.74) is 4.92. The second-order valence-corrected chi connectivity index (χ2v) is 8.63. The average Bonchev–Trinajstić information content (AvgIpc) is 3.13. The van der Waals surface area contributed by atoms with Gasteiger partial charge in [-0.25, -0.2) is 4.98 Å². The van der Waals surface area contributed by atoms with Gasteiger partial charge in [-0.15, -0.1) is 0 Å². The van der Waals surface area contributed by atoms with Crippen LogP contribution in [0.25, 0.3) is 11.0 Å². The summed E-state index contributed by atoms with van der Waals surface area (Å²) in [6.45, 7) is 3.73. The highest BCUT2D eigenvalue weighted by molar-refractivity contribution is 5.78. The van der Waals surface area contributed by atoms with E-state index in [1.165, 1.54) is 35.9 Å². The van der Waals surface area contributed by atoms with Gasteiger partial charge in [-0.2, -0.15) is 0 Å². The van der Waals surface area contributed by atoms with Crippen molar-refractivity contribution in [3.05, 3.63) is 65.5 Å². The highest BCUT2D eigenvalue weighted by Gasteiger charge is 2.20. The Balaban J connectivity index is 1.38. The third kappa shape index (κ3) is 5.10. The minimum absolute atomic E-state index is 0.215. The van der Waals surface area contributed by atoms with Gasteiger partial charge in [0.1, 0.15) is 5.82 Å². The van der Waals surface area contributed by atoms with Crippen molar-refractivity contribution in [2.45, 2.75) is 64.8 Å². The van der Waals surface area contributed by atoms with Gasteiger partial charge in [0.25, 0.3) is 0 Å². The monoisotopic (exact) mass is 403 g/mol. The maximum absolute atomic E-state index is 12.5. The molecule has 30 heavy (non-hydrogen) atoms. The molecule has 0 saturated heterocycles. The van der Waals surface area contributed by atoms with Gasteiger partial charge in [-0.05, 0) is 50.3 Å². The zero-order valence-electron chi connectivity index (χ0n) is 18.1. The third-order valence-corrected chi connectivity index (χ3v) is 6.33. The van der Waals surface area contributed by atoms with Gasteiger partial charge in [0, 0.05) is 25.4 Å². The summed E-state index contributed by atoms with van der Waals surface area (Å²) in [6.07, 6.45) is 8.65. The molecule has 1 aromatic heterocycles. The van der Waals surface area contributed by atoms with Crippen LogP contribution in [0.5, 0.6) is 0 Å². The molecule has 158 valence electrons. The lowest BCUT2D eigenvalue weighted by Crippen LogP contribution is -2.33. The Labute approximate surface area is 179 Å². The summed E-state index contributed by atoms with van der Waals surface area (Å²) in [7, 11) is 0. The van der Waals surface area contributed by atoms with Crippen LogP contribution in [-0.2, 0) is 24.2 Å². The van der Waals surface area contributed by atoms with E-state index in [-0.39, 0.29) is 11.8 Å². The van der Waals surface area contributed by atoms with Crippen LogP contribution in [0.2, 0.25) is 0 Å². The predicted octanol–water partition coefficient (Wildman–Crippen LogP) is 5.22. The maximum atomic E-state index is 12.5. The highest BCUT2D eigenvalue weighted by Crippen LogP contribution is 2.23. The van der Waals surface area contributed by atoms with E-state index in [1.54, 1.807) is 0 Å². The molecule has 2 aromatic carbocycles. The van der Waals surface area contributed by atoms with Crippen molar-refractivity contribution >= 4 is 16.9 Å². The summed E-state index contributed by atoms with van der Waals surface area (Å²) in [6, 6.07) is 17.2. The first kappa shape index (κ1) is 20.6. The summed E-state index contributed by atoms with van der Waals surface area (Å²) >= 11 is 0. The lowest BCUT2D eigenvalue weighted by Gasteiger charge is -2.20. The fourth-order valence-corrected chi connectivity index (χ4v) is 4.57. The number of imidazole rings is 1. The molecule has 0 aliphatic heterocycles. The van der Waals surface area contributed by atoms with E-state index in [1.807, 2.05) is 6.07 Å². The van der Waals surface area contributed by atoms with Crippen LogP contribution in [-0.4, -0.2) is 22.0 Å². The molecular weight excluding hydrogens is 370 g/mol. The number of carbonyl (C=O) groups excluding carboxylic acids is 1. The Morgan fingerprint density at radius 2 is 1.80 bits per heavy atom. The number of aromatic nitrogens is 2. The topological polar surface area (TPSA) is 46.9 Å². The van der Waals surface area contributed by atoms with Crippen LogP contribution in [0.3, 0.4) is 0 Å². The smallest absolute Gasteiger partial charge is 0.223 e. The fraction of sp³-hybridized carbons (Fsp3) is 0.462. The van der Waals surface area contributed by atoms with E-state index < -0.39 is 0 Å². The SMILES string of the molecule is Cc1ccc(CCCn2c(CCNC(=O)C3CCCCC3)nc3ccccc32)cc1. The van der Waals surface area contributed by atoms with Gasteiger partial charge in [0.15, 0.2) is 0 Å². The Morgan fingerprint density at radius 3 is 2.60 bits per heavy atom. The van der Waals surface area contributed by atoms with Crippen molar-refractivity contribution in [2.24, 2.45) is 5.92 Å². The predicted molar refractivity (Wildman–Crippen MR) is 123 cm³/mol. The Hall–Kier alpha value is -2.62. The van der Waals surface area contributed by atoms with Gasteiger partial charge < -0.3 is 9.88 Å². The second kappa shape index (κ2) is 9.92. The van der Waals surface area contributed by atoms with E-state index in [0.717, 1.165) is 50.0 Å². The van der Waals surface area contributed by atoms with Crippen molar-refractivity contribution in [1.82, 2.24) is 14.9 Å². The van der Waals surface area contributed by atoms with Gasteiger partial charge in [0.05, 0.1) is 11.0 Å². The quantitative estimate of drug-likeness (QED) is 0.561. The number of benzene rings is 2. The van der Waals surface area contributed by atoms with Gasteiger partial charge in [-0.1, -0.05) is 61.2 Å². The summed E-state index contributed by atoms with van der Waals surface area (Å²) < 4.78 is 2.34. The summed E-state index contributed by atoms with van der Waals surface area (Å²) in [4.78, 5) is 17.3. The maximum Gasteiger partial charge on any atom is 0.223 e. The van der Waals surface area contributed by atoms with Crippen LogP contribution in [0, 0.1) is 12.8 Å². The number of aryl methyl sites for hydroxylation is 3. The molecule has 4 rings (SSSR count).